The van der Waals surface area contributed by atoms with E-state index in [1.807, 2.05) is 0 Å². The van der Waals surface area contributed by atoms with Crippen molar-refractivity contribution in [2.45, 2.75) is 12.7 Å². The molecule has 0 fully saturated rings. The van der Waals surface area contributed by atoms with Crippen molar-refractivity contribution in [3.63, 3.8) is 0 Å². The highest BCUT2D eigenvalue weighted by atomic mass is 19.4. The lowest BCUT2D eigenvalue weighted by Crippen LogP contribution is -2.29. The van der Waals surface area contributed by atoms with Gasteiger partial charge in [0.25, 0.3) is 0 Å². The van der Waals surface area contributed by atoms with Gasteiger partial charge >= 0.3 is 17.6 Å². The normalized spacial score (nSPS) is 11.8. The van der Waals surface area contributed by atoms with E-state index in [2.05, 4.69) is 10.2 Å². The van der Waals surface area contributed by atoms with E-state index in [9.17, 15) is 22.8 Å². The molecule has 0 spiro atoms. The topological polar surface area (TPSA) is 79.6 Å². The lowest BCUT2D eigenvalue weighted by atomic mass is 10.3. The van der Waals surface area contributed by atoms with E-state index in [-0.39, 0.29) is 11.4 Å². The van der Waals surface area contributed by atoms with Crippen LogP contribution in [0.1, 0.15) is 0 Å². The van der Waals surface area contributed by atoms with Gasteiger partial charge < -0.3 is 0 Å². The summed E-state index contributed by atoms with van der Waals surface area (Å²) >= 11 is 0. The van der Waals surface area contributed by atoms with Crippen molar-refractivity contribution in [3.05, 3.63) is 57.9 Å². The summed E-state index contributed by atoms with van der Waals surface area (Å²) < 4.78 is 40.9. The summed E-state index contributed by atoms with van der Waals surface area (Å²) in [5.41, 5.74) is -0.478. The first-order chi connectivity index (χ1) is 11.3. The lowest BCUT2D eigenvalue weighted by molar-refractivity contribution is -0.141. The summed E-state index contributed by atoms with van der Waals surface area (Å²) in [6, 6.07) is 6.02. The van der Waals surface area contributed by atoms with Gasteiger partial charge in [0.05, 0.1) is 11.4 Å². The summed E-state index contributed by atoms with van der Waals surface area (Å²) in [6.45, 7) is -1.41. The van der Waals surface area contributed by atoms with Crippen LogP contribution >= 0.6 is 0 Å². The zero-order valence-corrected chi connectivity index (χ0v) is 12.3. The van der Waals surface area contributed by atoms with Gasteiger partial charge in [-0.25, -0.2) is 18.8 Å². The van der Waals surface area contributed by atoms with Crippen molar-refractivity contribution in [2.24, 2.45) is 7.05 Å². The van der Waals surface area contributed by atoms with Gasteiger partial charge in [-0.3, -0.25) is 4.57 Å². The molecule has 0 unspecified atom stereocenters. The van der Waals surface area contributed by atoms with Gasteiger partial charge in [0.2, 0.25) is 0 Å². The average molecular weight is 340 g/mol. The van der Waals surface area contributed by atoms with Crippen molar-refractivity contribution in [2.75, 3.05) is 0 Å². The summed E-state index contributed by atoms with van der Waals surface area (Å²) in [4.78, 5) is 23.8. The van der Waals surface area contributed by atoms with Gasteiger partial charge in [0, 0.05) is 7.05 Å². The first kappa shape index (κ1) is 15.8. The van der Waals surface area contributed by atoms with Crippen LogP contribution in [0.5, 0.6) is 0 Å². The third-order valence-electron chi connectivity index (χ3n) is 3.28. The number of benzene rings is 1. The number of alkyl halides is 3. The predicted octanol–water partition coefficient (Wildman–Crippen LogP) is 0.481. The fourth-order valence-electron chi connectivity index (χ4n) is 2.13. The van der Waals surface area contributed by atoms with E-state index in [4.69, 9.17) is 0 Å². The molecule has 3 aromatic rings. The number of nitrogens with zero attached hydrogens (tertiary/aromatic N) is 6. The zero-order valence-electron chi connectivity index (χ0n) is 12.3. The van der Waals surface area contributed by atoms with Crippen molar-refractivity contribution in [1.29, 1.82) is 0 Å². The highest BCUT2D eigenvalue weighted by Gasteiger charge is 2.29. The van der Waals surface area contributed by atoms with Gasteiger partial charge in [-0.05, 0) is 24.3 Å². The van der Waals surface area contributed by atoms with Crippen LogP contribution in [0.4, 0.5) is 13.2 Å². The van der Waals surface area contributed by atoms with E-state index in [0.29, 0.717) is 10.3 Å². The molecule has 11 heteroatoms. The Kier molecular flexibility index (Phi) is 3.62. The summed E-state index contributed by atoms with van der Waals surface area (Å²) in [5.74, 6) is 0. The minimum atomic E-state index is -4.51. The SMILES string of the molecule is Cn1ncn(-c2ccc(-n3ncn(CC(F)(F)F)c3=O)cc2)c1=O. The largest absolute Gasteiger partial charge is 0.406 e. The second kappa shape index (κ2) is 5.51. The molecular weight excluding hydrogens is 329 g/mol. The van der Waals surface area contributed by atoms with Crippen LogP contribution in [0.15, 0.2) is 46.5 Å². The Labute approximate surface area is 132 Å². The molecule has 0 radical (unpaired) electrons. The van der Waals surface area contributed by atoms with E-state index < -0.39 is 18.4 Å². The molecule has 2 aromatic heterocycles. The molecule has 0 aliphatic carbocycles. The van der Waals surface area contributed by atoms with Crippen LogP contribution in [0.2, 0.25) is 0 Å². The predicted molar refractivity (Wildman–Crippen MR) is 76.2 cm³/mol. The fraction of sp³-hybridized carbons (Fsp3) is 0.231. The molecule has 0 atom stereocenters. The minimum Gasteiger partial charge on any atom is -0.272 e. The maximum Gasteiger partial charge on any atom is 0.406 e. The second-order valence-corrected chi connectivity index (χ2v) is 4.99. The number of hydrogen-bond donors (Lipinski definition) is 0. The molecule has 1 aromatic carbocycles. The van der Waals surface area contributed by atoms with Gasteiger partial charge in [-0.2, -0.15) is 28.1 Å². The average Bonchev–Trinajstić information content (AvgIpc) is 3.03. The van der Waals surface area contributed by atoms with Crippen LogP contribution in [0.3, 0.4) is 0 Å². The monoisotopic (exact) mass is 340 g/mol. The summed E-state index contributed by atoms with van der Waals surface area (Å²) in [6.07, 6.45) is -2.35. The Hall–Kier alpha value is -3.11. The molecule has 0 saturated heterocycles. The maximum absolute atomic E-state index is 12.4. The Balaban J connectivity index is 1.93. The number of halogens is 3. The van der Waals surface area contributed by atoms with Gasteiger partial charge in [-0.15, -0.1) is 0 Å². The first-order valence-corrected chi connectivity index (χ1v) is 6.69. The van der Waals surface area contributed by atoms with Gasteiger partial charge in [0.15, 0.2) is 0 Å². The van der Waals surface area contributed by atoms with Gasteiger partial charge in [0.1, 0.15) is 19.2 Å². The summed E-state index contributed by atoms with van der Waals surface area (Å²) in [5, 5.41) is 7.49. The lowest BCUT2D eigenvalue weighted by Gasteiger charge is -2.05. The molecule has 0 aliphatic rings. The highest BCUT2D eigenvalue weighted by Crippen LogP contribution is 2.16. The van der Waals surface area contributed by atoms with Crippen LogP contribution in [-0.4, -0.2) is 34.9 Å². The molecule has 0 saturated carbocycles. The van der Waals surface area contributed by atoms with Crippen LogP contribution < -0.4 is 11.4 Å². The van der Waals surface area contributed by atoms with Crippen molar-refractivity contribution in [1.82, 2.24) is 28.7 Å². The van der Waals surface area contributed by atoms with E-state index in [0.717, 1.165) is 15.7 Å². The number of hydrogen-bond acceptors (Lipinski definition) is 4. The Morgan fingerprint density at radius 3 is 2.12 bits per heavy atom. The molecule has 0 aliphatic heterocycles. The fourth-order valence-corrected chi connectivity index (χ4v) is 2.13. The Morgan fingerprint density at radius 2 is 1.58 bits per heavy atom. The number of aryl methyl sites for hydroxylation is 1. The van der Waals surface area contributed by atoms with E-state index in [1.54, 1.807) is 0 Å². The Bertz CT molecular complexity index is 977. The Morgan fingerprint density at radius 1 is 0.958 bits per heavy atom. The van der Waals surface area contributed by atoms with E-state index in [1.165, 1.54) is 42.2 Å². The number of aromatic nitrogens is 6. The number of rotatable bonds is 3. The third-order valence-corrected chi connectivity index (χ3v) is 3.28. The molecule has 0 bridgehead atoms. The smallest absolute Gasteiger partial charge is 0.272 e. The van der Waals surface area contributed by atoms with Crippen LogP contribution in [0.25, 0.3) is 11.4 Å². The molecule has 24 heavy (non-hydrogen) atoms. The molecule has 2 heterocycles. The maximum atomic E-state index is 12.4. The van der Waals surface area contributed by atoms with Crippen molar-refractivity contribution >= 4 is 0 Å². The minimum absolute atomic E-state index is 0.279. The van der Waals surface area contributed by atoms with Gasteiger partial charge in [-0.1, -0.05) is 0 Å². The second-order valence-electron chi connectivity index (χ2n) is 4.99. The first-order valence-electron chi connectivity index (χ1n) is 6.69. The van der Waals surface area contributed by atoms with Crippen LogP contribution in [0, 0.1) is 0 Å². The molecular formula is C13H11F3N6O2. The third kappa shape index (κ3) is 2.87. The quantitative estimate of drug-likeness (QED) is 0.695. The van der Waals surface area contributed by atoms with Crippen LogP contribution in [-0.2, 0) is 13.6 Å². The molecule has 3 rings (SSSR count). The molecule has 126 valence electrons. The molecule has 0 N–H and O–H groups in total. The van der Waals surface area contributed by atoms with E-state index >= 15 is 0 Å². The van der Waals surface area contributed by atoms with Crippen molar-refractivity contribution in [3.8, 4) is 11.4 Å². The van der Waals surface area contributed by atoms with Crippen molar-refractivity contribution < 1.29 is 13.2 Å². The molecule has 8 nitrogen and oxygen atoms in total. The molecule has 0 amide bonds. The standard InChI is InChI=1S/C13H11F3N6O2/c1-19-11(23)21(8-17-19)9-2-4-10(5-3-9)22-12(24)20(7-18-22)6-13(14,15)16/h2-5,7-8H,6H2,1H3. The highest BCUT2D eigenvalue weighted by molar-refractivity contribution is 5.40. The summed E-state index contributed by atoms with van der Waals surface area (Å²) in [7, 11) is 1.50. The zero-order chi connectivity index (χ0) is 17.5.